The predicted octanol–water partition coefficient (Wildman–Crippen LogP) is 1.03. The van der Waals surface area contributed by atoms with Crippen molar-refractivity contribution in [3.8, 4) is 0 Å². The lowest BCUT2D eigenvalue weighted by Gasteiger charge is -2.27. The van der Waals surface area contributed by atoms with Crippen molar-refractivity contribution in [3.05, 3.63) is 0 Å². The molecule has 1 saturated heterocycles. The van der Waals surface area contributed by atoms with Crippen molar-refractivity contribution < 1.29 is 9.90 Å². The van der Waals surface area contributed by atoms with E-state index >= 15 is 0 Å². The highest BCUT2D eigenvalue weighted by Gasteiger charge is 2.33. The Kier molecular flexibility index (Phi) is 4.33. The molecule has 0 spiro atoms. The van der Waals surface area contributed by atoms with Gasteiger partial charge in [0.05, 0.1) is 0 Å². The lowest BCUT2D eigenvalue weighted by Crippen LogP contribution is -2.49. The fourth-order valence-corrected chi connectivity index (χ4v) is 2.15. The molecule has 4 nitrogen and oxygen atoms in total. The van der Waals surface area contributed by atoms with Gasteiger partial charge in [-0.3, -0.25) is 4.79 Å². The standard InChI is InChI=1S/C12H24N2O2/c1-9-7-14(8-10(9)2)6-5-12(3,13-4)11(15)16/h9-10,13H,5-8H2,1-4H3,(H,15,16). The van der Waals surface area contributed by atoms with Gasteiger partial charge in [-0.15, -0.1) is 0 Å². The van der Waals surface area contributed by atoms with E-state index in [4.69, 9.17) is 5.11 Å². The average molecular weight is 228 g/mol. The fraction of sp³-hybridized carbons (Fsp3) is 0.917. The number of carboxylic acids is 1. The molecular formula is C12H24N2O2. The highest BCUT2D eigenvalue weighted by atomic mass is 16.4. The van der Waals surface area contributed by atoms with Crippen LogP contribution in [0.15, 0.2) is 0 Å². The zero-order valence-corrected chi connectivity index (χ0v) is 10.8. The van der Waals surface area contributed by atoms with Crippen LogP contribution in [-0.4, -0.2) is 48.2 Å². The van der Waals surface area contributed by atoms with Crippen LogP contribution in [0.4, 0.5) is 0 Å². The summed E-state index contributed by atoms with van der Waals surface area (Å²) in [5, 5.41) is 12.0. The van der Waals surface area contributed by atoms with E-state index in [2.05, 4.69) is 24.1 Å². The molecule has 3 unspecified atom stereocenters. The minimum atomic E-state index is -0.797. The molecule has 0 bridgehead atoms. The molecule has 0 aromatic rings. The van der Waals surface area contributed by atoms with Gasteiger partial charge in [0, 0.05) is 19.6 Å². The monoisotopic (exact) mass is 228 g/mol. The third kappa shape index (κ3) is 2.95. The first-order chi connectivity index (χ1) is 7.39. The first-order valence-corrected chi connectivity index (χ1v) is 6.03. The van der Waals surface area contributed by atoms with E-state index in [-0.39, 0.29) is 0 Å². The van der Waals surface area contributed by atoms with Crippen LogP contribution in [0.2, 0.25) is 0 Å². The molecule has 1 aliphatic rings. The second kappa shape index (κ2) is 5.15. The Morgan fingerprint density at radius 2 is 1.94 bits per heavy atom. The van der Waals surface area contributed by atoms with Gasteiger partial charge in [0.2, 0.25) is 0 Å². The molecule has 16 heavy (non-hydrogen) atoms. The molecule has 3 atom stereocenters. The maximum absolute atomic E-state index is 11.1. The summed E-state index contributed by atoms with van der Waals surface area (Å²) in [5.41, 5.74) is -0.797. The van der Waals surface area contributed by atoms with Crippen molar-refractivity contribution in [3.63, 3.8) is 0 Å². The van der Waals surface area contributed by atoms with Crippen molar-refractivity contribution >= 4 is 5.97 Å². The molecule has 0 aromatic carbocycles. The van der Waals surface area contributed by atoms with E-state index in [1.165, 1.54) is 0 Å². The van der Waals surface area contributed by atoms with E-state index in [9.17, 15) is 4.79 Å². The Balaban J connectivity index is 2.42. The maximum atomic E-state index is 11.1. The molecule has 1 fully saturated rings. The lowest BCUT2D eigenvalue weighted by atomic mass is 9.98. The second-order valence-corrected chi connectivity index (χ2v) is 5.35. The lowest BCUT2D eigenvalue weighted by molar-refractivity contribution is -0.144. The zero-order chi connectivity index (χ0) is 12.3. The number of likely N-dealkylation sites (N-methyl/N-ethyl adjacent to an activating group) is 1. The van der Waals surface area contributed by atoms with Crippen molar-refractivity contribution in [1.29, 1.82) is 0 Å². The Morgan fingerprint density at radius 3 is 2.31 bits per heavy atom. The van der Waals surface area contributed by atoms with Crippen LogP contribution in [0.3, 0.4) is 0 Å². The van der Waals surface area contributed by atoms with Crippen LogP contribution >= 0.6 is 0 Å². The molecule has 0 aromatic heterocycles. The molecule has 1 rings (SSSR count). The van der Waals surface area contributed by atoms with Crippen molar-refractivity contribution in [1.82, 2.24) is 10.2 Å². The summed E-state index contributed by atoms with van der Waals surface area (Å²) in [6.07, 6.45) is 0.651. The van der Waals surface area contributed by atoms with Crippen molar-refractivity contribution in [2.45, 2.75) is 32.7 Å². The van der Waals surface area contributed by atoms with Gasteiger partial charge in [0.15, 0.2) is 0 Å². The molecule has 4 heteroatoms. The van der Waals surface area contributed by atoms with E-state index < -0.39 is 11.5 Å². The number of nitrogens with one attached hydrogen (secondary N) is 1. The molecule has 0 aliphatic carbocycles. The quantitative estimate of drug-likeness (QED) is 0.738. The minimum Gasteiger partial charge on any atom is -0.480 e. The van der Waals surface area contributed by atoms with E-state index in [0.717, 1.165) is 31.5 Å². The normalized spacial score (nSPS) is 30.2. The van der Waals surface area contributed by atoms with E-state index in [1.807, 2.05) is 0 Å². The smallest absolute Gasteiger partial charge is 0.323 e. The molecule has 94 valence electrons. The number of hydrogen-bond donors (Lipinski definition) is 2. The SMILES string of the molecule is CNC(C)(CCN1CC(C)C(C)C1)C(=O)O. The molecule has 1 heterocycles. The number of nitrogens with zero attached hydrogens (tertiary/aromatic N) is 1. The van der Waals surface area contributed by atoms with Crippen molar-refractivity contribution in [2.75, 3.05) is 26.7 Å². The topological polar surface area (TPSA) is 52.6 Å². The largest absolute Gasteiger partial charge is 0.480 e. The summed E-state index contributed by atoms with van der Waals surface area (Å²) in [6.45, 7) is 9.33. The molecular weight excluding hydrogens is 204 g/mol. The molecule has 0 amide bonds. The Hall–Kier alpha value is -0.610. The van der Waals surface area contributed by atoms with Gasteiger partial charge >= 0.3 is 5.97 Å². The summed E-state index contributed by atoms with van der Waals surface area (Å²) < 4.78 is 0. The number of hydrogen-bond acceptors (Lipinski definition) is 3. The van der Waals surface area contributed by atoms with Crippen LogP contribution in [-0.2, 0) is 4.79 Å². The van der Waals surface area contributed by atoms with Crippen LogP contribution < -0.4 is 5.32 Å². The summed E-state index contributed by atoms with van der Waals surface area (Å²) in [5.74, 6) is 0.687. The van der Waals surface area contributed by atoms with Crippen LogP contribution in [0.1, 0.15) is 27.2 Å². The average Bonchev–Trinajstić information content (AvgIpc) is 2.55. The van der Waals surface area contributed by atoms with Crippen LogP contribution in [0.25, 0.3) is 0 Å². The number of likely N-dealkylation sites (tertiary alicyclic amines) is 1. The van der Waals surface area contributed by atoms with Gasteiger partial charge in [-0.25, -0.2) is 0 Å². The number of carbonyl (C=O) groups is 1. The minimum absolute atomic E-state index is 0.651. The van der Waals surface area contributed by atoms with E-state index in [1.54, 1.807) is 14.0 Å². The Labute approximate surface area is 98.0 Å². The summed E-state index contributed by atoms with van der Waals surface area (Å²) in [4.78, 5) is 13.5. The maximum Gasteiger partial charge on any atom is 0.323 e. The number of rotatable bonds is 5. The van der Waals surface area contributed by atoms with Gasteiger partial charge in [-0.05, 0) is 32.2 Å². The third-order valence-corrected chi connectivity index (χ3v) is 4.02. The Bertz CT molecular complexity index is 247. The van der Waals surface area contributed by atoms with Crippen LogP contribution in [0.5, 0.6) is 0 Å². The highest BCUT2D eigenvalue weighted by molar-refractivity contribution is 5.78. The van der Waals surface area contributed by atoms with Gasteiger partial charge in [-0.1, -0.05) is 13.8 Å². The molecule has 0 saturated carbocycles. The fourth-order valence-electron chi connectivity index (χ4n) is 2.15. The first-order valence-electron chi connectivity index (χ1n) is 6.03. The van der Waals surface area contributed by atoms with Crippen molar-refractivity contribution in [2.24, 2.45) is 11.8 Å². The molecule has 1 aliphatic heterocycles. The third-order valence-electron chi connectivity index (χ3n) is 4.02. The zero-order valence-electron chi connectivity index (χ0n) is 10.8. The van der Waals surface area contributed by atoms with Gasteiger partial charge in [-0.2, -0.15) is 0 Å². The summed E-state index contributed by atoms with van der Waals surface area (Å²) in [7, 11) is 1.71. The Morgan fingerprint density at radius 1 is 1.44 bits per heavy atom. The van der Waals surface area contributed by atoms with Gasteiger partial charge in [0.1, 0.15) is 5.54 Å². The molecule has 0 radical (unpaired) electrons. The van der Waals surface area contributed by atoms with Gasteiger partial charge < -0.3 is 15.3 Å². The highest BCUT2D eigenvalue weighted by Crippen LogP contribution is 2.23. The summed E-state index contributed by atoms with van der Waals surface area (Å²) >= 11 is 0. The summed E-state index contributed by atoms with van der Waals surface area (Å²) in [6, 6.07) is 0. The van der Waals surface area contributed by atoms with E-state index in [0.29, 0.717) is 6.42 Å². The number of carboxylic acid groups (broad SMARTS) is 1. The predicted molar refractivity (Wildman–Crippen MR) is 64.5 cm³/mol. The number of aliphatic carboxylic acids is 1. The first kappa shape index (κ1) is 13.5. The van der Waals surface area contributed by atoms with Crippen LogP contribution in [0, 0.1) is 11.8 Å². The van der Waals surface area contributed by atoms with Gasteiger partial charge in [0.25, 0.3) is 0 Å². The second-order valence-electron chi connectivity index (χ2n) is 5.35. The molecule has 2 N–H and O–H groups in total.